The smallest absolute Gasteiger partial charge is 0.268 e. The van der Waals surface area contributed by atoms with Crippen LogP contribution in [0.1, 0.15) is 16.8 Å². The molecule has 0 aliphatic heterocycles. The predicted molar refractivity (Wildman–Crippen MR) is 122 cm³/mol. The normalized spacial score (nSPS) is 12.9. The molecule has 0 saturated carbocycles. The van der Waals surface area contributed by atoms with Gasteiger partial charge in [0.1, 0.15) is 12.4 Å². The molecule has 1 atom stereocenters. The summed E-state index contributed by atoms with van der Waals surface area (Å²) in [5.74, 6) is 1.37. The molecule has 0 aliphatic rings. The molecular formula is C23H23N4O6P. The Kier molecular flexibility index (Phi) is 6.95. The van der Waals surface area contributed by atoms with E-state index < -0.39 is 14.6 Å². The number of nitrogens with zero attached hydrogens (tertiary/aromatic N) is 2. The van der Waals surface area contributed by atoms with Crippen molar-refractivity contribution < 1.29 is 32.7 Å². The van der Waals surface area contributed by atoms with Crippen LogP contribution in [0.3, 0.4) is 0 Å². The molecule has 0 radical (unpaired) electrons. The van der Waals surface area contributed by atoms with Crippen LogP contribution in [0.5, 0.6) is 5.75 Å². The molecule has 0 saturated heterocycles. The molecule has 5 N–H and O–H groups in total. The molecule has 0 amide bonds. The standard InChI is InChI=1S/C23H23N4O6P/c24-22-11-10-20(23(25)27(22)15-32-34(28,29)30)21-13-18(26-33-21)12-16-6-8-19(9-7-16)31-14-17-4-2-1-3-5-17/h1-11,13H,12,14-15H2,(H5,24,25,26,28,29,30). The minimum absolute atomic E-state index is 0.0936. The molecule has 2 heterocycles. The fraction of sp³-hybridized carbons (Fsp3) is 0.130. The molecule has 0 fully saturated rings. The van der Waals surface area contributed by atoms with E-state index in [0.29, 0.717) is 30.0 Å². The zero-order valence-electron chi connectivity index (χ0n) is 18.0. The molecule has 10 nitrogen and oxygen atoms in total. The summed E-state index contributed by atoms with van der Waals surface area (Å²) in [4.78, 5) is 19.7. The summed E-state index contributed by atoms with van der Waals surface area (Å²) >= 11 is 0. The van der Waals surface area contributed by atoms with Crippen molar-refractivity contribution in [2.24, 2.45) is 0 Å². The largest absolute Gasteiger partial charge is 0.756 e. The Hall–Kier alpha value is -3.69. The van der Waals surface area contributed by atoms with E-state index in [4.69, 9.17) is 25.6 Å². The SMILES string of the molecule is Nc1ccc(-c2cc(Cc3ccc(OCc4ccccc4)cc3)no2)c(N)[n+]1COP(=O)([O-])O. The zero-order chi connectivity index (χ0) is 24.1. The maximum Gasteiger partial charge on any atom is 0.268 e. The molecule has 4 aromatic rings. The molecular weight excluding hydrogens is 459 g/mol. The van der Waals surface area contributed by atoms with E-state index in [1.807, 2.05) is 54.6 Å². The Labute approximate surface area is 195 Å². The second-order valence-electron chi connectivity index (χ2n) is 7.49. The van der Waals surface area contributed by atoms with Crippen molar-refractivity contribution in [3.63, 3.8) is 0 Å². The first-order valence-electron chi connectivity index (χ1n) is 10.3. The molecule has 4 rings (SSSR count). The molecule has 176 valence electrons. The van der Waals surface area contributed by atoms with Gasteiger partial charge in [-0.15, -0.1) is 0 Å². The maximum atomic E-state index is 10.9. The number of benzene rings is 2. The third-order valence-electron chi connectivity index (χ3n) is 5.03. The Balaban J connectivity index is 1.43. The van der Waals surface area contributed by atoms with Gasteiger partial charge in [-0.05, 0) is 29.3 Å². The van der Waals surface area contributed by atoms with Crippen molar-refractivity contribution >= 4 is 19.5 Å². The van der Waals surface area contributed by atoms with Gasteiger partial charge in [0.25, 0.3) is 7.82 Å². The van der Waals surface area contributed by atoms with Crippen LogP contribution in [0.25, 0.3) is 11.3 Å². The van der Waals surface area contributed by atoms with Crippen molar-refractivity contribution in [1.29, 1.82) is 0 Å². The van der Waals surface area contributed by atoms with E-state index in [9.17, 15) is 9.46 Å². The Morgan fingerprint density at radius 2 is 1.76 bits per heavy atom. The fourth-order valence-electron chi connectivity index (χ4n) is 3.29. The van der Waals surface area contributed by atoms with Crippen molar-refractivity contribution in [1.82, 2.24) is 5.16 Å². The lowest BCUT2D eigenvalue weighted by atomic mass is 10.1. The Bertz CT molecular complexity index is 1310. The Morgan fingerprint density at radius 1 is 1.03 bits per heavy atom. The highest BCUT2D eigenvalue weighted by Crippen LogP contribution is 2.31. The van der Waals surface area contributed by atoms with Crippen LogP contribution >= 0.6 is 7.82 Å². The van der Waals surface area contributed by atoms with Crippen LogP contribution in [0, 0.1) is 0 Å². The minimum atomic E-state index is -4.94. The zero-order valence-corrected chi connectivity index (χ0v) is 18.9. The van der Waals surface area contributed by atoms with E-state index in [1.165, 1.54) is 10.6 Å². The summed E-state index contributed by atoms with van der Waals surface area (Å²) in [6.45, 7) is -0.0893. The molecule has 0 spiro atoms. The second kappa shape index (κ2) is 10.1. The van der Waals surface area contributed by atoms with Gasteiger partial charge in [0.15, 0.2) is 12.5 Å². The first-order chi connectivity index (χ1) is 16.3. The average molecular weight is 482 g/mol. The highest BCUT2D eigenvalue weighted by atomic mass is 31.2. The summed E-state index contributed by atoms with van der Waals surface area (Å²) in [7, 11) is -4.94. The van der Waals surface area contributed by atoms with Crippen LogP contribution in [0.15, 0.2) is 77.3 Å². The molecule has 2 aromatic heterocycles. The number of phosphoric acid groups is 1. The molecule has 0 bridgehead atoms. The number of hydrogen-bond donors (Lipinski definition) is 3. The van der Waals surface area contributed by atoms with Gasteiger partial charge in [0.05, 0.1) is 11.3 Å². The lowest BCUT2D eigenvalue weighted by Gasteiger charge is -2.16. The monoisotopic (exact) mass is 482 g/mol. The number of nitrogen functional groups attached to an aromatic ring is 2. The van der Waals surface area contributed by atoms with E-state index >= 15 is 0 Å². The summed E-state index contributed by atoms with van der Waals surface area (Å²) in [6.07, 6.45) is 0.518. The second-order valence-corrected chi connectivity index (χ2v) is 8.68. The molecule has 11 heteroatoms. The number of pyridine rings is 1. The van der Waals surface area contributed by atoms with Gasteiger partial charge < -0.3 is 30.5 Å². The summed E-state index contributed by atoms with van der Waals surface area (Å²) in [5, 5.41) is 4.10. The van der Waals surface area contributed by atoms with Crippen molar-refractivity contribution in [3.8, 4) is 17.1 Å². The topological polar surface area (TPSA) is 161 Å². The number of ether oxygens (including phenoxy) is 1. The Morgan fingerprint density at radius 3 is 2.47 bits per heavy atom. The molecule has 2 aromatic carbocycles. The fourth-order valence-corrected chi connectivity index (χ4v) is 3.55. The number of phosphoric ester groups is 1. The predicted octanol–water partition coefficient (Wildman–Crippen LogP) is 2.40. The highest BCUT2D eigenvalue weighted by molar-refractivity contribution is 7.44. The first kappa shape index (κ1) is 23.5. The van der Waals surface area contributed by atoms with Crippen LogP contribution in [-0.2, 0) is 28.8 Å². The number of nitrogens with two attached hydrogens (primary N) is 2. The van der Waals surface area contributed by atoms with Gasteiger partial charge in [-0.2, -0.15) is 0 Å². The third-order valence-corrected chi connectivity index (χ3v) is 5.47. The van der Waals surface area contributed by atoms with Gasteiger partial charge in [-0.3, -0.25) is 9.09 Å². The number of rotatable bonds is 9. The van der Waals surface area contributed by atoms with Gasteiger partial charge in [0, 0.05) is 18.6 Å². The average Bonchev–Trinajstić information content (AvgIpc) is 3.26. The van der Waals surface area contributed by atoms with Crippen LogP contribution in [0.4, 0.5) is 11.6 Å². The van der Waals surface area contributed by atoms with Crippen LogP contribution in [-0.4, -0.2) is 10.1 Å². The van der Waals surface area contributed by atoms with Crippen molar-refractivity contribution in [3.05, 3.63) is 89.6 Å². The maximum absolute atomic E-state index is 10.9. The van der Waals surface area contributed by atoms with Crippen LogP contribution < -0.4 is 25.7 Å². The number of aromatic nitrogens is 2. The van der Waals surface area contributed by atoms with E-state index in [2.05, 4.69) is 9.68 Å². The van der Waals surface area contributed by atoms with E-state index in [0.717, 1.165) is 16.9 Å². The van der Waals surface area contributed by atoms with Crippen molar-refractivity contribution in [2.75, 3.05) is 11.5 Å². The summed E-state index contributed by atoms with van der Waals surface area (Å²) in [6, 6.07) is 22.5. The lowest BCUT2D eigenvalue weighted by Crippen LogP contribution is -2.41. The van der Waals surface area contributed by atoms with Gasteiger partial charge in [-0.25, -0.2) is 4.57 Å². The van der Waals surface area contributed by atoms with Gasteiger partial charge >= 0.3 is 0 Å². The third kappa shape index (κ3) is 6.00. The van der Waals surface area contributed by atoms with Gasteiger partial charge in [0.2, 0.25) is 11.6 Å². The molecule has 34 heavy (non-hydrogen) atoms. The number of hydrogen-bond acceptors (Lipinski definition) is 8. The molecule has 0 aliphatic carbocycles. The van der Waals surface area contributed by atoms with E-state index in [1.54, 1.807) is 12.1 Å². The first-order valence-corrected chi connectivity index (χ1v) is 11.8. The molecule has 1 unspecified atom stereocenters. The van der Waals surface area contributed by atoms with Crippen LogP contribution in [0.2, 0.25) is 0 Å². The van der Waals surface area contributed by atoms with E-state index in [-0.39, 0.29) is 11.6 Å². The summed E-state index contributed by atoms with van der Waals surface area (Å²) < 4.78 is 27.8. The quantitative estimate of drug-likeness (QED) is 0.240. The van der Waals surface area contributed by atoms with Crippen molar-refractivity contribution in [2.45, 2.75) is 19.8 Å². The lowest BCUT2D eigenvalue weighted by molar-refractivity contribution is -0.699. The van der Waals surface area contributed by atoms with Gasteiger partial charge in [-0.1, -0.05) is 47.6 Å². The minimum Gasteiger partial charge on any atom is -0.756 e. The number of anilines is 2. The highest BCUT2D eigenvalue weighted by Gasteiger charge is 2.19. The summed E-state index contributed by atoms with van der Waals surface area (Å²) in [5.41, 5.74) is 15.2.